The summed E-state index contributed by atoms with van der Waals surface area (Å²) in [7, 11) is -2.81. The Morgan fingerprint density at radius 1 is 0.714 bits per heavy atom. The Labute approximate surface area is 252 Å². The van der Waals surface area contributed by atoms with E-state index in [0.717, 1.165) is 25.7 Å². The Morgan fingerprint density at radius 3 is 1.55 bits per heavy atom. The normalized spacial score (nSPS) is 13.3. The molecule has 0 aliphatic carbocycles. The minimum atomic E-state index is -2.81. The summed E-state index contributed by atoms with van der Waals surface area (Å²) in [5.74, 6) is -0.664. The SMILES string of the molecule is CCCCCCc1cccc(NC(=O)C(N)CCO[PH](=O)OCCC(N)C(=O)Nc2cccc(CCCCCC)c2)c1. The van der Waals surface area contributed by atoms with Crippen molar-refractivity contribution in [1.82, 2.24) is 0 Å². The van der Waals surface area contributed by atoms with Crippen molar-refractivity contribution < 1.29 is 23.2 Å². The maximum atomic E-state index is 12.5. The molecule has 0 saturated carbocycles. The first-order valence-corrected chi connectivity index (χ1v) is 16.6. The minimum absolute atomic E-state index is 0.00513. The number of hydrogen-bond acceptors (Lipinski definition) is 7. The van der Waals surface area contributed by atoms with Crippen molar-refractivity contribution in [3.63, 3.8) is 0 Å². The molecule has 2 amide bonds. The number of carbonyl (C=O) groups is 2. The van der Waals surface area contributed by atoms with Crippen molar-refractivity contribution in [3.8, 4) is 0 Å². The average Bonchev–Trinajstić information content (AvgIpc) is 2.98. The van der Waals surface area contributed by atoms with Crippen molar-refractivity contribution in [1.29, 1.82) is 0 Å². The number of rotatable bonds is 22. The van der Waals surface area contributed by atoms with E-state index in [0.29, 0.717) is 11.4 Å². The predicted molar refractivity (Wildman–Crippen MR) is 172 cm³/mol. The van der Waals surface area contributed by atoms with Crippen LogP contribution in [0.1, 0.15) is 89.2 Å². The molecule has 2 aromatic carbocycles. The van der Waals surface area contributed by atoms with E-state index in [1.54, 1.807) is 0 Å². The Morgan fingerprint density at radius 2 is 1.14 bits per heavy atom. The molecule has 234 valence electrons. The van der Waals surface area contributed by atoms with Crippen LogP contribution in [0.2, 0.25) is 0 Å². The van der Waals surface area contributed by atoms with Gasteiger partial charge in [0.1, 0.15) is 0 Å². The highest BCUT2D eigenvalue weighted by molar-refractivity contribution is 7.33. The molecule has 0 spiro atoms. The van der Waals surface area contributed by atoms with E-state index in [1.165, 1.54) is 49.7 Å². The van der Waals surface area contributed by atoms with Gasteiger partial charge in [0, 0.05) is 11.4 Å². The molecule has 0 saturated heterocycles. The quantitative estimate of drug-likeness (QED) is 0.0905. The fourth-order valence-electron chi connectivity index (χ4n) is 4.43. The van der Waals surface area contributed by atoms with Gasteiger partial charge < -0.3 is 31.1 Å². The smallest absolute Gasteiger partial charge is 0.319 e. The van der Waals surface area contributed by atoms with Crippen LogP contribution in [0.3, 0.4) is 0 Å². The van der Waals surface area contributed by atoms with E-state index < -0.39 is 20.3 Å². The zero-order valence-electron chi connectivity index (χ0n) is 25.4. The van der Waals surface area contributed by atoms with Gasteiger partial charge in [-0.25, -0.2) is 0 Å². The van der Waals surface area contributed by atoms with Crippen molar-refractivity contribution in [2.24, 2.45) is 11.5 Å². The summed E-state index contributed by atoms with van der Waals surface area (Å²) in [6, 6.07) is 13.9. The zero-order chi connectivity index (χ0) is 30.6. The van der Waals surface area contributed by atoms with Crippen molar-refractivity contribution >= 4 is 31.4 Å². The molecule has 0 bridgehead atoms. The first-order chi connectivity index (χ1) is 20.3. The third kappa shape index (κ3) is 15.1. The van der Waals surface area contributed by atoms with Gasteiger partial charge in [0.05, 0.1) is 25.3 Å². The van der Waals surface area contributed by atoms with Gasteiger partial charge in [0.2, 0.25) is 11.8 Å². The lowest BCUT2D eigenvalue weighted by atomic mass is 10.1. The number of hydrogen-bond donors (Lipinski definition) is 4. The molecule has 0 aromatic heterocycles. The number of nitrogens with two attached hydrogens (primary N) is 2. The molecule has 0 aliphatic heterocycles. The van der Waals surface area contributed by atoms with Gasteiger partial charge in [-0.2, -0.15) is 0 Å². The molecule has 10 heteroatoms. The van der Waals surface area contributed by atoms with E-state index in [4.69, 9.17) is 20.5 Å². The monoisotopic (exact) mass is 602 g/mol. The molecular formula is C32H51N4O5P. The largest absolute Gasteiger partial charge is 0.325 e. The van der Waals surface area contributed by atoms with Crippen LogP contribution in [0.15, 0.2) is 48.5 Å². The second kappa shape index (κ2) is 21.2. The van der Waals surface area contributed by atoms with Gasteiger partial charge in [-0.15, -0.1) is 0 Å². The van der Waals surface area contributed by atoms with Gasteiger partial charge in [-0.1, -0.05) is 76.6 Å². The van der Waals surface area contributed by atoms with Crippen LogP contribution in [0.25, 0.3) is 0 Å². The standard InChI is InChI=1S/C32H51N4O5P/c1-3-5-7-9-13-25-15-11-17-27(23-25)35-31(37)29(33)19-21-40-42(39)41-22-20-30(34)32(38)36-28-18-12-16-26(24-28)14-10-8-6-4-2/h11-12,15-18,23-24,29-30,42H,3-10,13-14,19-22,33-34H2,1-2H3,(H,35,37)(H,36,38). The van der Waals surface area contributed by atoms with Gasteiger partial charge in [0.15, 0.2) is 0 Å². The summed E-state index contributed by atoms with van der Waals surface area (Å²) in [5.41, 5.74) is 15.8. The van der Waals surface area contributed by atoms with Crippen LogP contribution in [0.5, 0.6) is 0 Å². The lowest BCUT2D eigenvalue weighted by Crippen LogP contribution is -2.36. The highest BCUT2D eigenvalue weighted by Gasteiger charge is 2.16. The highest BCUT2D eigenvalue weighted by Crippen LogP contribution is 2.24. The molecule has 0 fully saturated rings. The third-order valence-corrected chi connectivity index (χ3v) is 7.88. The Balaban J connectivity index is 1.62. The number of anilines is 2. The third-order valence-electron chi connectivity index (χ3n) is 7.00. The maximum Gasteiger partial charge on any atom is 0.319 e. The van der Waals surface area contributed by atoms with Crippen LogP contribution in [-0.4, -0.2) is 37.1 Å². The molecule has 9 nitrogen and oxygen atoms in total. The summed E-state index contributed by atoms with van der Waals surface area (Å²) in [6.07, 6.45) is 11.8. The Hall–Kier alpha value is -2.55. The fourth-order valence-corrected chi connectivity index (χ4v) is 5.09. The van der Waals surface area contributed by atoms with E-state index in [9.17, 15) is 14.2 Å². The molecule has 42 heavy (non-hydrogen) atoms. The summed E-state index contributed by atoms with van der Waals surface area (Å²) >= 11 is 0. The first kappa shape index (κ1) is 35.6. The fraction of sp³-hybridized carbons (Fsp3) is 0.562. The van der Waals surface area contributed by atoms with Crippen molar-refractivity contribution in [2.75, 3.05) is 23.8 Å². The van der Waals surface area contributed by atoms with Gasteiger partial charge in [0.25, 0.3) is 0 Å². The number of amides is 2. The molecule has 2 rings (SSSR count). The number of aryl methyl sites for hydroxylation is 2. The van der Waals surface area contributed by atoms with Crippen molar-refractivity contribution in [2.45, 2.75) is 103 Å². The number of carbonyl (C=O) groups excluding carboxylic acids is 2. The Kier molecular flexibility index (Phi) is 18.0. The minimum Gasteiger partial charge on any atom is -0.325 e. The number of benzene rings is 2. The lowest BCUT2D eigenvalue weighted by Gasteiger charge is -2.14. The van der Waals surface area contributed by atoms with E-state index in [2.05, 4.69) is 36.6 Å². The summed E-state index contributed by atoms with van der Waals surface area (Å²) in [4.78, 5) is 25.0. The molecule has 0 radical (unpaired) electrons. The molecule has 6 N–H and O–H groups in total. The lowest BCUT2D eigenvalue weighted by molar-refractivity contribution is -0.118. The van der Waals surface area contributed by atoms with E-state index in [1.807, 2.05) is 36.4 Å². The average molecular weight is 603 g/mol. The van der Waals surface area contributed by atoms with E-state index in [-0.39, 0.29) is 37.9 Å². The highest BCUT2D eigenvalue weighted by atomic mass is 31.1. The van der Waals surface area contributed by atoms with Gasteiger partial charge in [-0.05, 0) is 73.9 Å². The second-order valence-corrected chi connectivity index (χ2v) is 11.8. The first-order valence-electron chi connectivity index (χ1n) is 15.4. The topological polar surface area (TPSA) is 146 Å². The molecule has 0 heterocycles. The van der Waals surface area contributed by atoms with Crippen molar-refractivity contribution in [3.05, 3.63) is 59.7 Å². The van der Waals surface area contributed by atoms with Crippen LogP contribution in [0, 0.1) is 0 Å². The van der Waals surface area contributed by atoms with Crippen LogP contribution in [0.4, 0.5) is 11.4 Å². The van der Waals surface area contributed by atoms with Crippen LogP contribution >= 0.6 is 8.25 Å². The van der Waals surface area contributed by atoms with E-state index >= 15 is 0 Å². The van der Waals surface area contributed by atoms with Crippen LogP contribution < -0.4 is 22.1 Å². The molecule has 2 unspecified atom stereocenters. The summed E-state index contributed by atoms with van der Waals surface area (Å²) in [6.45, 7) is 4.38. The summed E-state index contributed by atoms with van der Waals surface area (Å²) in [5, 5.41) is 5.68. The number of unbranched alkanes of at least 4 members (excludes halogenated alkanes) is 6. The molecular weight excluding hydrogens is 551 g/mol. The van der Waals surface area contributed by atoms with Crippen LogP contribution in [-0.2, 0) is 36.0 Å². The molecule has 0 aliphatic rings. The maximum absolute atomic E-state index is 12.5. The summed E-state index contributed by atoms with van der Waals surface area (Å²) < 4.78 is 22.6. The molecule has 2 aromatic rings. The number of nitrogens with one attached hydrogen (secondary N) is 2. The van der Waals surface area contributed by atoms with Gasteiger partial charge >= 0.3 is 8.25 Å². The Bertz CT molecular complexity index is 1020. The van der Waals surface area contributed by atoms with Gasteiger partial charge in [-0.3, -0.25) is 14.2 Å². The zero-order valence-corrected chi connectivity index (χ0v) is 26.4. The second-order valence-electron chi connectivity index (χ2n) is 10.7. The predicted octanol–water partition coefficient (Wildman–Crippen LogP) is 6.37. The molecule has 2 atom stereocenters.